The summed E-state index contributed by atoms with van der Waals surface area (Å²) in [6.07, 6.45) is -3.04. The van der Waals surface area contributed by atoms with Crippen molar-refractivity contribution in [1.82, 2.24) is 0 Å². The predicted molar refractivity (Wildman–Crippen MR) is 51.4 cm³/mol. The number of halogens is 4. The molecule has 1 atom stereocenters. The highest BCUT2D eigenvalue weighted by atomic mass is 19.4. The van der Waals surface area contributed by atoms with Crippen LogP contribution in [0.1, 0.15) is 23.1 Å². The van der Waals surface area contributed by atoms with Gasteiger partial charge in [0.1, 0.15) is 5.82 Å². The Morgan fingerprint density at radius 3 is 2.50 bits per heavy atom. The lowest BCUT2D eigenvalue weighted by Crippen LogP contribution is -2.28. The van der Waals surface area contributed by atoms with Gasteiger partial charge in [0.15, 0.2) is 0 Å². The van der Waals surface area contributed by atoms with Crippen LogP contribution in [0.2, 0.25) is 0 Å². The summed E-state index contributed by atoms with van der Waals surface area (Å²) in [5.74, 6) is -1.21. The Morgan fingerprint density at radius 1 is 1.19 bits per heavy atom. The van der Waals surface area contributed by atoms with Crippen LogP contribution in [0, 0.1) is 5.82 Å². The van der Waals surface area contributed by atoms with E-state index in [0.717, 1.165) is 12.1 Å². The van der Waals surface area contributed by atoms with Gasteiger partial charge in [0.25, 0.3) is 0 Å². The Balaban J connectivity index is 2.46. The van der Waals surface area contributed by atoms with Gasteiger partial charge in [-0.3, -0.25) is 0 Å². The van der Waals surface area contributed by atoms with E-state index in [0.29, 0.717) is 30.4 Å². The van der Waals surface area contributed by atoms with E-state index in [1.54, 1.807) is 0 Å². The molecule has 2 N–H and O–H groups in total. The summed E-state index contributed by atoms with van der Waals surface area (Å²) < 4.78 is 50.5. The molecule has 0 aliphatic heterocycles. The average molecular weight is 233 g/mol. The Bertz CT molecular complexity index is 411. The fraction of sp³-hybridized carbons (Fsp3) is 0.455. The van der Waals surface area contributed by atoms with Crippen LogP contribution in [0.25, 0.3) is 0 Å². The lowest BCUT2D eigenvalue weighted by Gasteiger charge is -2.22. The smallest absolute Gasteiger partial charge is 0.327 e. The number of hydrogen-bond acceptors (Lipinski definition) is 1. The first-order valence-electron chi connectivity index (χ1n) is 5.02. The van der Waals surface area contributed by atoms with Crippen LogP contribution in [0.4, 0.5) is 17.6 Å². The van der Waals surface area contributed by atoms with E-state index in [1.807, 2.05) is 0 Å². The van der Waals surface area contributed by atoms with Gasteiger partial charge in [0.05, 0.1) is 5.56 Å². The fourth-order valence-electron chi connectivity index (χ4n) is 2.02. The van der Waals surface area contributed by atoms with Crippen LogP contribution < -0.4 is 5.73 Å². The van der Waals surface area contributed by atoms with Gasteiger partial charge < -0.3 is 5.73 Å². The van der Waals surface area contributed by atoms with Gasteiger partial charge in [0.2, 0.25) is 0 Å². The molecule has 0 fully saturated rings. The summed E-state index contributed by atoms with van der Waals surface area (Å²) >= 11 is 0. The van der Waals surface area contributed by atoms with E-state index in [1.165, 1.54) is 0 Å². The largest absolute Gasteiger partial charge is 0.419 e. The molecule has 0 radical (unpaired) electrons. The van der Waals surface area contributed by atoms with Gasteiger partial charge >= 0.3 is 6.18 Å². The maximum atomic E-state index is 13.2. The third-order valence-electron chi connectivity index (χ3n) is 2.86. The predicted octanol–water partition coefficient (Wildman–Crippen LogP) is 2.66. The summed E-state index contributed by atoms with van der Waals surface area (Å²) in [6, 6.07) is 1.80. The van der Waals surface area contributed by atoms with Gasteiger partial charge in [-0.1, -0.05) is 0 Å². The summed E-state index contributed by atoms with van der Waals surface area (Å²) in [4.78, 5) is 0. The topological polar surface area (TPSA) is 26.0 Å². The second-order valence-corrected chi connectivity index (χ2v) is 4.10. The van der Waals surface area contributed by atoms with Crippen molar-refractivity contribution in [2.24, 2.45) is 5.73 Å². The maximum Gasteiger partial charge on any atom is 0.419 e. The van der Waals surface area contributed by atoms with E-state index in [9.17, 15) is 17.6 Å². The summed E-state index contributed by atoms with van der Waals surface area (Å²) in [6.45, 7) is 0. The zero-order chi connectivity index (χ0) is 11.9. The van der Waals surface area contributed by atoms with Crippen molar-refractivity contribution in [2.45, 2.75) is 31.5 Å². The van der Waals surface area contributed by atoms with Gasteiger partial charge in [-0.2, -0.15) is 13.2 Å². The van der Waals surface area contributed by atoms with Gasteiger partial charge in [-0.15, -0.1) is 0 Å². The third kappa shape index (κ3) is 2.04. The highest BCUT2D eigenvalue weighted by molar-refractivity contribution is 5.37. The minimum Gasteiger partial charge on any atom is -0.327 e. The number of rotatable bonds is 0. The number of alkyl halides is 3. The Kier molecular flexibility index (Phi) is 2.66. The van der Waals surface area contributed by atoms with E-state index >= 15 is 0 Å². The maximum absolute atomic E-state index is 13.2. The second kappa shape index (κ2) is 3.73. The Labute approximate surface area is 90.3 Å². The standard InChI is InChI=1S/C11H11F4N/c12-10-5-7-3-8(16)2-1-6(7)4-9(10)11(13,14)15/h4-5,8H,1-3,16H2. The van der Waals surface area contributed by atoms with Crippen molar-refractivity contribution in [2.75, 3.05) is 0 Å². The molecule has 0 saturated carbocycles. The summed E-state index contributed by atoms with van der Waals surface area (Å²) in [5, 5.41) is 0. The van der Waals surface area contributed by atoms with Crippen molar-refractivity contribution in [3.63, 3.8) is 0 Å². The van der Waals surface area contributed by atoms with E-state index in [2.05, 4.69) is 0 Å². The molecule has 88 valence electrons. The molecule has 0 saturated heterocycles. The van der Waals surface area contributed by atoms with E-state index in [4.69, 9.17) is 5.73 Å². The zero-order valence-electron chi connectivity index (χ0n) is 8.44. The number of fused-ring (bicyclic) bond motifs is 1. The first-order valence-corrected chi connectivity index (χ1v) is 5.02. The number of hydrogen-bond donors (Lipinski definition) is 1. The van der Waals surface area contributed by atoms with Gasteiger partial charge in [-0.05, 0) is 42.5 Å². The average Bonchev–Trinajstić information content (AvgIpc) is 2.14. The van der Waals surface area contributed by atoms with E-state index < -0.39 is 17.6 Å². The fourth-order valence-corrected chi connectivity index (χ4v) is 2.02. The number of benzene rings is 1. The molecule has 1 aromatic carbocycles. The monoisotopic (exact) mass is 233 g/mol. The Morgan fingerprint density at radius 2 is 1.88 bits per heavy atom. The molecule has 1 aromatic rings. The zero-order valence-corrected chi connectivity index (χ0v) is 8.44. The number of aryl methyl sites for hydroxylation is 1. The molecule has 5 heteroatoms. The molecule has 0 heterocycles. The first kappa shape index (κ1) is 11.4. The molecular weight excluding hydrogens is 222 g/mol. The molecule has 0 bridgehead atoms. The second-order valence-electron chi connectivity index (χ2n) is 4.10. The van der Waals surface area contributed by atoms with Crippen LogP contribution in [0.3, 0.4) is 0 Å². The molecular formula is C11H11F4N. The Hall–Kier alpha value is -1.10. The minimum atomic E-state index is -4.63. The third-order valence-corrected chi connectivity index (χ3v) is 2.86. The van der Waals surface area contributed by atoms with Crippen LogP contribution in [-0.2, 0) is 19.0 Å². The molecule has 16 heavy (non-hydrogen) atoms. The van der Waals surface area contributed by atoms with Crippen LogP contribution in [0.15, 0.2) is 12.1 Å². The summed E-state index contributed by atoms with van der Waals surface area (Å²) in [7, 11) is 0. The highest BCUT2D eigenvalue weighted by Gasteiger charge is 2.35. The molecule has 1 aliphatic rings. The lowest BCUT2D eigenvalue weighted by atomic mass is 9.87. The minimum absolute atomic E-state index is 0.0800. The van der Waals surface area contributed by atoms with E-state index in [-0.39, 0.29) is 6.04 Å². The van der Waals surface area contributed by atoms with Crippen molar-refractivity contribution < 1.29 is 17.6 Å². The van der Waals surface area contributed by atoms with Crippen molar-refractivity contribution in [3.8, 4) is 0 Å². The van der Waals surface area contributed by atoms with Crippen molar-refractivity contribution in [1.29, 1.82) is 0 Å². The normalized spacial score (nSPS) is 20.7. The molecule has 1 nitrogen and oxygen atoms in total. The quantitative estimate of drug-likeness (QED) is 0.685. The molecule has 0 aromatic heterocycles. The van der Waals surface area contributed by atoms with Crippen LogP contribution in [-0.4, -0.2) is 6.04 Å². The molecule has 0 spiro atoms. The molecule has 1 unspecified atom stereocenters. The van der Waals surface area contributed by atoms with Crippen LogP contribution >= 0.6 is 0 Å². The van der Waals surface area contributed by atoms with Crippen molar-refractivity contribution >= 4 is 0 Å². The highest BCUT2D eigenvalue weighted by Crippen LogP contribution is 2.34. The lowest BCUT2D eigenvalue weighted by molar-refractivity contribution is -0.140. The van der Waals surface area contributed by atoms with Crippen LogP contribution in [0.5, 0.6) is 0 Å². The SMILES string of the molecule is NC1CCc2cc(C(F)(F)F)c(F)cc2C1. The van der Waals surface area contributed by atoms with Gasteiger partial charge in [-0.25, -0.2) is 4.39 Å². The first-order chi connectivity index (χ1) is 7.38. The van der Waals surface area contributed by atoms with Crippen molar-refractivity contribution in [3.05, 3.63) is 34.6 Å². The summed E-state index contributed by atoms with van der Waals surface area (Å²) in [5.41, 5.74) is 5.67. The van der Waals surface area contributed by atoms with Gasteiger partial charge in [0, 0.05) is 6.04 Å². The molecule has 2 rings (SSSR count). The number of nitrogens with two attached hydrogens (primary N) is 1. The molecule has 0 amide bonds. The molecule has 1 aliphatic carbocycles.